The maximum Gasteiger partial charge on any atom is 0.552 e. The number of nitrogens with one attached hydrogen (secondary N) is 2. The molecule has 2 amide bonds. The van der Waals surface area contributed by atoms with E-state index >= 15 is 0 Å². The van der Waals surface area contributed by atoms with E-state index in [1.165, 1.54) is 18.2 Å². The van der Waals surface area contributed by atoms with Crippen LogP contribution in [0.2, 0.25) is 10.0 Å². The monoisotopic (exact) mass is 516 g/mol. The number of aliphatic carboxylic acids is 2. The van der Waals surface area contributed by atoms with Crippen molar-refractivity contribution in [2.75, 3.05) is 6.54 Å². The Labute approximate surface area is 205 Å². The van der Waals surface area contributed by atoms with Gasteiger partial charge in [-0.15, -0.1) is 0 Å². The van der Waals surface area contributed by atoms with Crippen molar-refractivity contribution < 1.29 is 43.5 Å². The number of carboxylic acid groups (broad SMARTS) is 2. The highest BCUT2D eigenvalue weighted by Gasteiger charge is 2.54. The summed E-state index contributed by atoms with van der Waals surface area (Å²) in [5.74, 6) is -6.54. The second kappa shape index (κ2) is 11.5. The third-order valence-electron chi connectivity index (χ3n) is 4.83. The molecule has 1 aromatic carbocycles. The molecule has 0 aromatic heterocycles. The van der Waals surface area contributed by atoms with Gasteiger partial charge in [0, 0.05) is 5.02 Å². The Kier molecular flexibility index (Phi) is 9.31. The number of halogens is 2. The number of carboxylic acids is 2. The fraction of sp³-hybridized carbons (Fsp3) is 0.450. The van der Waals surface area contributed by atoms with Crippen molar-refractivity contribution in [1.82, 2.24) is 10.6 Å². The summed E-state index contributed by atoms with van der Waals surface area (Å²) in [6, 6.07) is 4.26. The van der Waals surface area contributed by atoms with Crippen LogP contribution in [0.3, 0.4) is 0 Å². The fourth-order valence-electron chi connectivity index (χ4n) is 3.34. The van der Waals surface area contributed by atoms with Gasteiger partial charge in [-0.1, -0.05) is 37.0 Å². The van der Waals surface area contributed by atoms with Crippen molar-refractivity contribution in [2.24, 2.45) is 5.92 Å². The maximum absolute atomic E-state index is 12.5. The zero-order chi connectivity index (χ0) is 25.6. The van der Waals surface area contributed by atoms with E-state index in [9.17, 15) is 29.1 Å². The molecule has 1 unspecified atom stereocenters. The van der Waals surface area contributed by atoms with Gasteiger partial charge in [-0.2, -0.15) is 0 Å². The molecule has 0 spiro atoms. The lowest BCUT2D eigenvalue weighted by atomic mass is 9.70. The highest BCUT2D eigenvalue weighted by molar-refractivity contribution is 6.50. The van der Waals surface area contributed by atoms with Crippen LogP contribution in [-0.4, -0.2) is 65.1 Å². The summed E-state index contributed by atoms with van der Waals surface area (Å²) in [7, 11) is -1.55. The minimum Gasteiger partial charge on any atom is -0.508 e. The first-order valence-corrected chi connectivity index (χ1v) is 10.9. The molecule has 1 aliphatic heterocycles. The van der Waals surface area contributed by atoms with Gasteiger partial charge in [0.1, 0.15) is 0 Å². The Balaban J connectivity index is 2.13. The highest BCUT2D eigenvalue weighted by atomic mass is 35.5. The van der Waals surface area contributed by atoms with Gasteiger partial charge < -0.3 is 30.2 Å². The Morgan fingerprint density at radius 1 is 1.21 bits per heavy atom. The third kappa shape index (κ3) is 7.34. The van der Waals surface area contributed by atoms with E-state index in [0.717, 1.165) is 0 Å². The zero-order valence-electron chi connectivity index (χ0n) is 18.3. The van der Waals surface area contributed by atoms with Gasteiger partial charge in [0.15, 0.2) is 5.60 Å². The van der Waals surface area contributed by atoms with E-state index in [1.807, 2.05) is 0 Å². The molecule has 1 aliphatic rings. The molecule has 1 saturated heterocycles. The molecule has 1 aromatic rings. The summed E-state index contributed by atoms with van der Waals surface area (Å²) in [6.07, 6.45) is -1.59. The van der Waals surface area contributed by atoms with Crippen molar-refractivity contribution in [1.29, 1.82) is 0 Å². The van der Waals surface area contributed by atoms with Crippen LogP contribution in [-0.2, 0) is 28.5 Å². The third-order valence-corrected chi connectivity index (χ3v) is 5.39. The first kappa shape index (κ1) is 27.4. The minimum atomic E-state index is -2.34. The first-order valence-electron chi connectivity index (χ1n) is 10.2. The molecule has 2 rings (SSSR count). The SMILES string of the molecule is CC(C)C[C@H](NC(=O)CNC(=O)c1cc(Cl)ccc1Cl)B1OC(=O)CC(CC(=O)O)(C(=O)O)O1. The number of hydrogen-bond acceptors (Lipinski definition) is 7. The van der Waals surface area contributed by atoms with E-state index in [4.69, 9.17) is 37.6 Å². The lowest BCUT2D eigenvalue weighted by Gasteiger charge is -2.37. The molecule has 2 atom stereocenters. The van der Waals surface area contributed by atoms with Crippen LogP contribution >= 0.6 is 23.2 Å². The van der Waals surface area contributed by atoms with Crippen LogP contribution in [0.5, 0.6) is 0 Å². The topological polar surface area (TPSA) is 168 Å². The Morgan fingerprint density at radius 3 is 2.47 bits per heavy atom. The van der Waals surface area contributed by atoms with Crippen LogP contribution in [0.4, 0.5) is 0 Å². The van der Waals surface area contributed by atoms with Gasteiger partial charge in [-0.25, -0.2) is 4.79 Å². The number of amides is 2. The van der Waals surface area contributed by atoms with E-state index < -0.39 is 67.8 Å². The second-order valence-electron chi connectivity index (χ2n) is 8.13. The number of benzene rings is 1. The average Bonchev–Trinajstić information content (AvgIpc) is 2.71. The fourth-order valence-corrected chi connectivity index (χ4v) is 3.71. The lowest BCUT2D eigenvalue weighted by molar-refractivity contribution is -0.175. The largest absolute Gasteiger partial charge is 0.552 e. The quantitative estimate of drug-likeness (QED) is 0.337. The van der Waals surface area contributed by atoms with Crippen LogP contribution in [0.25, 0.3) is 0 Å². The van der Waals surface area contributed by atoms with Crippen molar-refractivity contribution in [3.8, 4) is 0 Å². The molecule has 184 valence electrons. The standard InChI is InChI=1S/C20H23BCl2N2O9/c1-10(2)5-14(21-33-17(29)8-20(34-21,19(31)32)7-16(27)28)25-15(26)9-24-18(30)12-6-11(22)3-4-13(12)23/h3-4,6,10,14H,5,7-9H2,1-2H3,(H,24,30)(H,25,26)(H,27,28)(H,31,32)/t14-,20?/m0/s1. The highest BCUT2D eigenvalue weighted by Crippen LogP contribution is 2.30. The number of carbonyl (C=O) groups is 5. The van der Waals surface area contributed by atoms with Gasteiger partial charge in [-0.05, 0) is 30.5 Å². The minimum absolute atomic E-state index is 0.0603. The molecule has 4 N–H and O–H groups in total. The Morgan fingerprint density at radius 2 is 1.88 bits per heavy atom. The second-order valence-corrected chi connectivity index (χ2v) is 8.98. The average molecular weight is 517 g/mol. The van der Waals surface area contributed by atoms with Crippen molar-refractivity contribution in [2.45, 2.75) is 44.7 Å². The van der Waals surface area contributed by atoms with E-state index in [0.29, 0.717) is 0 Å². The summed E-state index contributed by atoms with van der Waals surface area (Å²) >= 11 is 11.8. The van der Waals surface area contributed by atoms with Gasteiger partial charge in [0.05, 0.1) is 35.9 Å². The molecular formula is C20H23BCl2N2O9. The van der Waals surface area contributed by atoms with Crippen molar-refractivity contribution >= 4 is 60.0 Å². The maximum atomic E-state index is 12.5. The van der Waals surface area contributed by atoms with E-state index in [1.54, 1.807) is 13.8 Å². The van der Waals surface area contributed by atoms with Gasteiger partial charge in [-0.3, -0.25) is 19.2 Å². The summed E-state index contributed by atoms with van der Waals surface area (Å²) < 4.78 is 10.6. The summed E-state index contributed by atoms with van der Waals surface area (Å²) in [4.78, 5) is 60.0. The molecule has 11 nitrogen and oxygen atoms in total. The molecule has 34 heavy (non-hydrogen) atoms. The molecule has 0 aliphatic carbocycles. The molecular weight excluding hydrogens is 494 g/mol. The van der Waals surface area contributed by atoms with Gasteiger partial charge in [0.2, 0.25) is 5.91 Å². The van der Waals surface area contributed by atoms with Crippen LogP contribution in [0.15, 0.2) is 18.2 Å². The van der Waals surface area contributed by atoms with E-state index in [2.05, 4.69) is 10.6 Å². The first-order chi connectivity index (χ1) is 15.8. The summed E-state index contributed by atoms with van der Waals surface area (Å²) in [5, 5.41) is 24.0. The van der Waals surface area contributed by atoms with Crippen LogP contribution in [0, 0.1) is 5.92 Å². The van der Waals surface area contributed by atoms with Crippen LogP contribution < -0.4 is 10.6 Å². The predicted octanol–water partition coefficient (Wildman–Crippen LogP) is 1.54. The van der Waals surface area contributed by atoms with E-state index in [-0.39, 0.29) is 27.9 Å². The van der Waals surface area contributed by atoms with Crippen molar-refractivity contribution in [3.05, 3.63) is 33.8 Å². The van der Waals surface area contributed by atoms with Gasteiger partial charge in [0.25, 0.3) is 11.9 Å². The Hall–Kier alpha value is -2.83. The molecule has 0 bridgehead atoms. The van der Waals surface area contributed by atoms with Crippen molar-refractivity contribution in [3.63, 3.8) is 0 Å². The lowest BCUT2D eigenvalue weighted by Crippen LogP contribution is -2.61. The van der Waals surface area contributed by atoms with Gasteiger partial charge >= 0.3 is 19.1 Å². The normalized spacial score (nSPS) is 18.7. The number of carbonyl (C=O) groups excluding carboxylic acids is 3. The predicted molar refractivity (Wildman–Crippen MR) is 120 cm³/mol. The molecule has 1 fully saturated rings. The van der Waals surface area contributed by atoms with Crippen LogP contribution in [0.1, 0.15) is 43.5 Å². The Bertz CT molecular complexity index is 987. The summed E-state index contributed by atoms with van der Waals surface area (Å²) in [5.41, 5.74) is -2.28. The smallest absolute Gasteiger partial charge is 0.508 e. The molecule has 14 heteroatoms. The number of rotatable bonds is 10. The molecule has 1 heterocycles. The zero-order valence-corrected chi connectivity index (χ0v) is 19.8. The summed E-state index contributed by atoms with van der Waals surface area (Å²) in [6.45, 7) is 3.11. The molecule has 0 radical (unpaired) electrons. The number of hydrogen-bond donors (Lipinski definition) is 4. The molecule has 0 saturated carbocycles.